The molecule has 15 heavy (non-hydrogen) atoms. The van der Waals surface area contributed by atoms with E-state index < -0.39 is 0 Å². The molecule has 0 bridgehead atoms. The molecule has 0 spiro atoms. The van der Waals surface area contributed by atoms with Crippen molar-refractivity contribution in [2.45, 2.75) is 25.9 Å². The third kappa shape index (κ3) is 3.32. The summed E-state index contributed by atoms with van der Waals surface area (Å²) >= 11 is 0. The molecular formula is C10H16ClN3O. The van der Waals surface area contributed by atoms with Crippen molar-refractivity contribution in [1.29, 1.82) is 0 Å². The minimum absolute atomic E-state index is 0. The second kappa shape index (κ2) is 5.88. The smallest absolute Gasteiger partial charge is 0.235 e. The number of hydrogen-bond donors (Lipinski definition) is 1. The topological polar surface area (TPSA) is 47.0 Å². The molecule has 0 aliphatic carbocycles. The highest BCUT2D eigenvalue weighted by molar-refractivity contribution is 5.85. The van der Waals surface area contributed by atoms with Gasteiger partial charge in [0, 0.05) is 18.9 Å². The number of halogens is 1. The summed E-state index contributed by atoms with van der Waals surface area (Å²) in [6, 6.07) is 0. The number of ether oxygens (including phenoxy) is 1. The zero-order chi connectivity index (χ0) is 9.80. The van der Waals surface area contributed by atoms with Gasteiger partial charge in [0.15, 0.2) is 0 Å². The molecular weight excluding hydrogens is 214 g/mol. The van der Waals surface area contributed by atoms with Gasteiger partial charge in [-0.3, -0.25) is 4.98 Å². The van der Waals surface area contributed by atoms with Gasteiger partial charge in [0.25, 0.3) is 0 Å². The summed E-state index contributed by atoms with van der Waals surface area (Å²) in [5.41, 5.74) is 0.859. The molecule has 84 valence electrons. The lowest BCUT2D eigenvalue weighted by atomic mass is 10.1. The highest BCUT2D eigenvalue weighted by Gasteiger charge is 2.15. The first-order valence-electron chi connectivity index (χ1n) is 5.01. The van der Waals surface area contributed by atoms with Crippen molar-refractivity contribution in [1.82, 2.24) is 15.3 Å². The summed E-state index contributed by atoms with van der Waals surface area (Å²) in [5.74, 6) is 0.668. The lowest BCUT2D eigenvalue weighted by Gasteiger charge is -2.23. The van der Waals surface area contributed by atoms with Gasteiger partial charge < -0.3 is 10.1 Å². The van der Waals surface area contributed by atoms with E-state index in [4.69, 9.17) is 4.74 Å². The van der Waals surface area contributed by atoms with Gasteiger partial charge >= 0.3 is 0 Å². The molecule has 2 rings (SSSR count). The van der Waals surface area contributed by atoms with Gasteiger partial charge in [0.05, 0.1) is 5.69 Å². The molecule has 1 atom stereocenters. The number of nitrogens with one attached hydrogen (secondary N) is 1. The maximum Gasteiger partial charge on any atom is 0.235 e. The molecule has 0 saturated carbocycles. The SMILES string of the molecule is Cc1nccnc1O[C@H]1CCCNC1.Cl. The van der Waals surface area contributed by atoms with E-state index in [-0.39, 0.29) is 18.5 Å². The third-order valence-electron chi connectivity index (χ3n) is 2.37. The number of piperidine rings is 1. The van der Waals surface area contributed by atoms with Crippen LogP contribution < -0.4 is 10.1 Å². The van der Waals surface area contributed by atoms with Crippen LogP contribution in [0.1, 0.15) is 18.5 Å². The van der Waals surface area contributed by atoms with Gasteiger partial charge in [0.1, 0.15) is 6.10 Å². The van der Waals surface area contributed by atoms with Crippen LogP contribution >= 0.6 is 12.4 Å². The maximum absolute atomic E-state index is 5.75. The Hall–Kier alpha value is -0.870. The van der Waals surface area contributed by atoms with E-state index in [2.05, 4.69) is 15.3 Å². The van der Waals surface area contributed by atoms with Gasteiger partial charge in [-0.25, -0.2) is 4.98 Å². The summed E-state index contributed by atoms with van der Waals surface area (Å²) in [7, 11) is 0. The first kappa shape index (κ1) is 12.2. The number of hydrogen-bond acceptors (Lipinski definition) is 4. The normalized spacial score (nSPS) is 20.5. The van der Waals surface area contributed by atoms with Crippen molar-refractivity contribution in [3.8, 4) is 5.88 Å². The predicted octanol–water partition coefficient (Wildman–Crippen LogP) is 1.34. The maximum atomic E-state index is 5.75. The van der Waals surface area contributed by atoms with Crippen LogP contribution in [0.3, 0.4) is 0 Å². The second-order valence-electron chi connectivity index (χ2n) is 3.53. The number of aromatic nitrogens is 2. The summed E-state index contributed by atoms with van der Waals surface area (Å²) in [5, 5.41) is 3.30. The van der Waals surface area contributed by atoms with Gasteiger partial charge in [-0.2, -0.15) is 0 Å². The first-order chi connectivity index (χ1) is 6.86. The molecule has 2 heterocycles. The van der Waals surface area contributed by atoms with Gasteiger partial charge in [0.2, 0.25) is 5.88 Å². The molecule has 0 amide bonds. The van der Waals surface area contributed by atoms with Crippen LogP contribution in [0.25, 0.3) is 0 Å². The molecule has 5 heteroatoms. The van der Waals surface area contributed by atoms with Crippen LogP contribution in [-0.2, 0) is 0 Å². The fourth-order valence-electron chi connectivity index (χ4n) is 1.59. The molecule has 1 N–H and O–H groups in total. The Balaban J connectivity index is 0.00000112. The Kier molecular flexibility index (Phi) is 4.78. The lowest BCUT2D eigenvalue weighted by molar-refractivity contribution is 0.158. The molecule has 1 aromatic rings. The van der Waals surface area contributed by atoms with E-state index in [1.165, 1.54) is 6.42 Å². The molecule has 1 fully saturated rings. The van der Waals surface area contributed by atoms with Crippen LogP contribution in [0, 0.1) is 6.92 Å². The fraction of sp³-hybridized carbons (Fsp3) is 0.600. The summed E-state index contributed by atoms with van der Waals surface area (Å²) < 4.78 is 5.75. The van der Waals surface area contributed by atoms with Gasteiger partial charge in [-0.15, -0.1) is 12.4 Å². The van der Waals surface area contributed by atoms with E-state index in [0.29, 0.717) is 5.88 Å². The molecule has 0 aromatic carbocycles. The van der Waals surface area contributed by atoms with Crippen molar-refractivity contribution in [3.63, 3.8) is 0 Å². The highest BCUT2D eigenvalue weighted by Crippen LogP contribution is 2.14. The summed E-state index contributed by atoms with van der Waals surface area (Å²) in [4.78, 5) is 8.30. The van der Waals surface area contributed by atoms with E-state index in [9.17, 15) is 0 Å². The summed E-state index contributed by atoms with van der Waals surface area (Å²) in [6.07, 6.45) is 5.87. The van der Waals surface area contributed by atoms with Crippen molar-refractivity contribution in [2.75, 3.05) is 13.1 Å². The van der Waals surface area contributed by atoms with Crippen molar-refractivity contribution in [2.24, 2.45) is 0 Å². The summed E-state index contributed by atoms with van der Waals surface area (Å²) in [6.45, 7) is 3.92. The van der Waals surface area contributed by atoms with Crippen molar-refractivity contribution < 1.29 is 4.74 Å². The molecule has 1 aromatic heterocycles. The van der Waals surface area contributed by atoms with Crippen molar-refractivity contribution >= 4 is 12.4 Å². The van der Waals surface area contributed by atoms with Gasteiger partial charge in [-0.05, 0) is 26.3 Å². The lowest BCUT2D eigenvalue weighted by Crippen LogP contribution is -2.37. The van der Waals surface area contributed by atoms with E-state index in [0.717, 1.165) is 25.2 Å². The quantitative estimate of drug-likeness (QED) is 0.832. The fourth-order valence-corrected chi connectivity index (χ4v) is 1.59. The number of rotatable bonds is 2. The van der Waals surface area contributed by atoms with Crippen LogP contribution in [0.2, 0.25) is 0 Å². The minimum atomic E-state index is 0. The van der Waals surface area contributed by atoms with E-state index in [1.54, 1.807) is 12.4 Å². The van der Waals surface area contributed by atoms with E-state index in [1.807, 2.05) is 6.92 Å². The number of aryl methyl sites for hydroxylation is 1. The van der Waals surface area contributed by atoms with Crippen molar-refractivity contribution in [3.05, 3.63) is 18.1 Å². The Bertz CT molecular complexity index is 302. The Morgan fingerprint density at radius 2 is 2.20 bits per heavy atom. The molecule has 1 aliphatic heterocycles. The zero-order valence-corrected chi connectivity index (χ0v) is 9.59. The molecule has 1 aliphatic rings. The molecule has 1 saturated heterocycles. The third-order valence-corrected chi connectivity index (χ3v) is 2.37. The molecule has 0 unspecified atom stereocenters. The predicted molar refractivity (Wildman–Crippen MR) is 60.5 cm³/mol. The standard InChI is InChI=1S/C10H15N3O.ClH/c1-8-10(13-6-5-12-8)14-9-3-2-4-11-7-9;/h5-6,9,11H,2-4,7H2,1H3;1H/t9-;/m0./s1. The Labute approximate surface area is 95.9 Å². The zero-order valence-electron chi connectivity index (χ0n) is 8.77. The van der Waals surface area contributed by atoms with Crippen LogP contribution in [0.4, 0.5) is 0 Å². The van der Waals surface area contributed by atoms with E-state index >= 15 is 0 Å². The number of nitrogens with zero attached hydrogens (tertiary/aromatic N) is 2. The van der Waals surface area contributed by atoms with Crippen LogP contribution in [0.5, 0.6) is 5.88 Å². The average molecular weight is 230 g/mol. The average Bonchev–Trinajstić information content (AvgIpc) is 2.23. The molecule has 0 radical (unpaired) electrons. The Morgan fingerprint density at radius 1 is 1.40 bits per heavy atom. The molecule has 4 nitrogen and oxygen atoms in total. The Morgan fingerprint density at radius 3 is 2.87 bits per heavy atom. The van der Waals surface area contributed by atoms with Gasteiger partial charge in [-0.1, -0.05) is 0 Å². The van der Waals surface area contributed by atoms with Crippen LogP contribution in [0.15, 0.2) is 12.4 Å². The highest BCUT2D eigenvalue weighted by atomic mass is 35.5. The van der Waals surface area contributed by atoms with Crippen LogP contribution in [-0.4, -0.2) is 29.2 Å². The monoisotopic (exact) mass is 229 g/mol. The largest absolute Gasteiger partial charge is 0.472 e. The minimum Gasteiger partial charge on any atom is -0.472 e. The second-order valence-corrected chi connectivity index (χ2v) is 3.53. The first-order valence-corrected chi connectivity index (χ1v) is 5.01.